The molecule has 2 heterocycles. The van der Waals surface area contributed by atoms with Crippen LogP contribution in [0.5, 0.6) is 0 Å². The van der Waals surface area contributed by atoms with Crippen LogP contribution in [-0.2, 0) is 4.74 Å². The molecule has 1 fully saturated rings. The molecule has 1 aromatic carbocycles. The number of aryl methyl sites for hydroxylation is 1. The van der Waals surface area contributed by atoms with Gasteiger partial charge in [-0.3, -0.25) is 4.57 Å². The fourth-order valence-electron chi connectivity index (χ4n) is 2.64. The van der Waals surface area contributed by atoms with E-state index in [2.05, 4.69) is 10.3 Å². The van der Waals surface area contributed by atoms with Gasteiger partial charge in [-0.2, -0.15) is 4.98 Å². The van der Waals surface area contributed by atoms with E-state index in [4.69, 9.17) is 9.84 Å². The van der Waals surface area contributed by atoms with Gasteiger partial charge in [0.15, 0.2) is 6.23 Å². The number of benzene rings is 1. The molecule has 0 amide bonds. The normalized spacial score (nSPS) is 26.5. The zero-order chi connectivity index (χ0) is 17.3. The van der Waals surface area contributed by atoms with E-state index in [1.54, 1.807) is 6.07 Å². The average Bonchev–Trinajstić information content (AvgIpc) is 2.85. The molecule has 24 heavy (non-hydrogen) atoms. The van der Waals surface area contributed by atoms with Gasteiger partial charge in [-0.15, -0.1) is 0 Å². The molecule has 2 aromatic rings. The minimum absolute atomic E-state index is 0.359. The number of ether oxygens (including phenoxy) is 1. The van der Waals surface area contributed by atoms with E-state index in [1.165, 1.54) is 6.20 Å². The Bertz CT molecular complexity index is 778. The fourth-order valence-corrected chi connectivity index (χ4v) is 2.64. The highest BCUT2D eigenvalue weighted by Crippen LogP contribution is 2.28. The number of nitrogens with one attached hydrogen (secondary N) is 1. The minimum atomic E-state index is -1.32. The number of rotatable bonds is 4. The van der Waals surface area contributed by atoms with Gasteiger partial charge in [-0.05, 0) is 24.6 Å². The second-order valence-electron chi connectivity index (χ2n) is 5.67. The molecule has 8 heteroatoms. The summed E-state index contributed by atoms with van der Waals surface area (Å²) in [6.45, 7) is 1.48. The predicted molar refractivity (Wildman–Crippen MR) is 86.0 cm³/mol. The summed E-state index contributed by atoms with van der Waals surface area (Å²) in [4.78, 5) is 16.2. The molecule has 4 N–H and O–H groups in total. The third-order valence-corrected chi connectivity index (χ3v) is 4.03. The Morgan fingerprint density at radius 1 is 1.25 bits per heavy atom. The largest absolute Gasteiger partial charge is 0.394 e. The van der Waals surface area contributed by atoms with Crippen LogP contribution in [0.3, 0.4) is 0 Å². The molecule has 0 bridgehead atoms. The van der Waals surface area contributed by atoms with Gasteiger partial charge in [0.25, 0.3) is 0 Å². The SMILES string of the molecule is Cc1ccccc1Nc1ccn([C@@H]2O[C@H](CO)[C@H](O)C2O)c(=O)n1. The maximum absolute atomic E-state index is 12.2. The third-order valence-electron chi connectivity index (χ3n) is 4.03. The van der Waals surface area contributed by atoms with Crippen LogP contribution >= 0.6 is 0 Å². The van der Waals surface area contributed by atoms with Crippen molar-refractivity contribution in [3.8, 4) is 0 Å². The summed E-state index contributed by atoms with van der Waals surface area (Å²) in [6, 6.07) is 9.16. The van der Waals surface area contributed by atoms with Gasteiger partial charge < -0.3 is 25.4 Å². The van der Waals surface area contributed by atoms with Crippen molar-refractivity contribution >= 4 is 11.5 Å². The molecule has 1 saturated heterocycles. The first kappa shape index (κ1) is 16.6. The van der Waals surface area contributed by atoms with Crippen molar-refractivity contribution in [2.75, 3.05) is 11.9 Å². The topological polar surface area (TPSA) is 117 Å². The lowest BCUT2D eigenvalue weighted by atomic mass is 10.1. The molecule has 0 saturated carbocycles. The average molecular weight is 333 g/mol. The monoisotopic (exact) mass is 333 g/mol. The molecular weight excluding hydrogens is 314 g/mol. The molecule has 128 valence electrons. The summed E-state index contributed by atoms with van der Waals surface area (Å²) in [5, 5.41) is 31.9. The van der Waals surface area contributed by atoms with Gasteiger partial charge in [0, 0.05) is 11.9 Å². The highest BCUT2D eigenvalue weighted by atomic mass is 16.6. The number of aromatic nitrogens is 2. The van der Waals surface area contributed by atoms with E-state index in [0.717, 1.165) is 15.8 Å². The number of anilines is 2. The van der Waals surface area contributed by atoms with Crippen LogP contribution in [0.2, 0.25) is 0 Å². The second kappa shape index (κ2) is 6.70. The molecule has 0 radical (unpaired) electrons. The summed E-state index contributed by atoms with van der Waals surface area (Å²) in [5.41, 5.74) is 1.20. The fraction of sp³-hybridized carbons (Fsp3) is 0.375. The van der Waals surface area contributed by atoms with Crippen LogP contribution in [0.1, 0.15) is 11.8 Å². The summed E-state index contributed by atoms with van der Waals surface area (Å²) in [6.07, 6.45) is -3.20. The van der Waals surface area contributed by atoms with Gasteiger partial charge >= 0.3 is 5.69 Å². The molecule has 1 aromatic heterocycles. The summed E-state index contributed by atoms with van der Waals surface area (Å²) < 4.78 is 6.42. The lowest BCUT2D eigenvalue weighted by Crippen LogP contribution is -2.36. The van der Waals surface area contributed by atoms with E-state index in [1.807, 2.05) is 31.2 Å². The van der Waals surface area contributed by atoms with Gasteiger partial charge in [-0.1, -0.05) is 18.2 Å². The predicted octanol–water partition coefficient (Wildman–Crippen LogP) is -0.0932. The van der Waals surface area contributed by atoms with Crippen LogP contribution in [0, 0.1) is 6.92 Å². The number of nitrogens with zero attached hydrogens (tertiary/aromatic N) is 2. The number of para-hydroxylation sites is 1. The highest BCUT2D eigenvalue weighted by molar-refractivity contribution is 5.59. The van der Waals surface area contributed by atoms with Crippen molar-refractivity contribution in [3.05, 3.63) is 52.6 Å². The van der Waals surface area contributed by atoms with Crippen molar-refractivity contribution in [1.29, 1.82) is 0 Å². The Morgan fingerprint density at radius 3 is 2.62 bits per heavy atom. The van der Waals surface area contributed by atoms with E-state index >= 15 is 0 Å². The zero-order valence-corrected chi connectivity index (χ0v) is 13.0. The van der Waals surface area contributed by atoms with E-state index in [-0.39, 0.29) is 0 Å². The Kier molecular flexibility index (Phi) is 4.63. The van der Waals surface area contributed by atoms with E-state index in [0.29, 0.717) is 5.82 Å². The van der Waals surface area contributed by atoms with Crippen molar-refractivity contribution < 1.29 is 20.1 Å². The number of aliphatic hydroxyl groups excluding tert-OH is 3. The molecule has 1 aliphatic rings. The first-order valence-corrected chi connectivity index (χ1v) is 7.55. The van der Waals surface area contributed by atoms with Crippen LogP contribution in [0.25, 0.3) is 0 Å². The molecule has 4 atom stereocenters. The maximum Gasteiger partial charge on any atom is 0.351 e. The van der Waals surface area contributed by atoms with Crippen molar-refractivity contribution in [1.82, 2.24) is 9.55 Å². The van der Waals surface area contributed by atoms with E-state index in [9.17, 15) is 15.0 Å². The van der Waals surface area contributed by atoms with Crippen LogP contribution in [0.15, 0.2) is 41.3 Å². The quantitative estimate of drug-likeness (QED) is 0.617. The van der Waals surface area contributed by atoms with Crippen molar-refractivity contribution in [2.45, 2.75) is 31.5 Å². The first-order chi connectivity index (χ1) is 11.5. The van der Waals surface area contributed by atoms with E-state index < -0.39 is 36.8 Å². The Morgan fingerprint density at radius 2 is 2.00 bits per heavy atom. The highest BCUT2D eigenvalue weighted by Gasteiger charge is 2.43. The molecule has 8 nitrogen and oxygen atoms in total. The Labute approximate surface area is 138 Å². The van der Waals surface area contributed by atoms with Gasteiger partial charge in [0.2, 0.25) is 0 Å². The maximum atomic E-state index is 12.2. The van der Waals surface area contributed by atoms with Gasteiger partial charge in [-0.25, -0.2) is 4.79 Å². The molecule has 0 spiro atoms. The lowest BCUT2D eigenvalue weighted by Gasteiger charge is -2.17. The molecule has 1 unspecified atom stereocenters. The number of hydrogen-bond acceptors (Lipinski definition) is 7. The van der Waals surface area contributed by atoms with Gasteiger partial charge in [0.05, 0.1) is 6.61 Å². The molecule has 0 aliphatic carbocycles. The Hall–Kier alpha value is -2.26. The Balaban J connectivity index is 1.83. The molecule has 3 rings (SSSR count). The van der Waals surface area contributed by atoms with Crippen LogP contribution in [0.4, 0.5) is 11.5 Å². The molecular formula is C16H19N3O5. The molecule has 1 aliphatic heterocycles. The first-order valence-electron chi connectivity index (χ1n) is 7.55. The van der Waals surface area contributed by atoms with Gasteiger partial charge in [0.1, 0.15) is 24.1 Å². The standard InChI is InChI=1S/C16H19N3O5/c1-9-4-2-3-5-10(9)17-12-6-7-19(16(23)18-12)15-14(22)13(21)11(8-20)24-15/h2-7,11,13-15,20-22H,8H2,1H3,(H,17,18,23)/t11-,13+,14?,15-/m1/s1. The number of aliphatic hydroxyl groups is 3. The summed E-state index contributed by atoms with van der Waals surface area (Å²) >= 11 is 0. The summed E-state index contributed by atoms with van der Waals surface area (Å²) in [5.74, 6) is 0.359. The van der Waals surface area contributed by atoms with Crippen LogP contribution in [-0.4, -0.2) is 49.8 Å². The zero-order valence-electron chi connectivity index (χ0n) is 13.0. The van der Waals surface area contributed by atoms with Crippen LogP contribution < -0.4 is 11.0 Å². The lowest BCUT2D eigenvalue weighted by molar-refractivity contribution is -0.0549. The second-order valence-corrected chi connectivity index (χ2v) is 5.67. The van der Waals surface area contributed by atoms with Crippen molar-refractivity contribution in [2.24, 2.45) is 0 Å². The van der Waals surface area contributed by atoms with Crippen molar-refractivity contribution in [3.63, 3.8) is 0 Å². The minimum Gasteiger partial charge on any atom is -0.394 e. The summed E-state index contributed by atoms with van der Waals surface area (Å²) in [7, 11) is 0. The third kappa shape index (κ3) is 3.04. The smallest absolute Gasteiger partial charge is 0.351 e. The number of hydrogen-bond donors (Lipinski definition) is 4.